The van der Waals surface area contributed by atoms with Gasteiger partial charge in [0.05, 0.1) is 0 Å². The number of hydrogen-bond acceptors (Lipinski definition) is 4. The number of nitrogens with zero attached hydrogens (tertiary/aromatic N) is 1. The smallest absolute Gasteiger partial charge is 0.280 e. The van der Waals surface area contributed by atoms with Gasteiger partial charge in [-0.05, 0) is 32.0 Å². The lowest BCUT2D eigenvalue weighted by Gasteiger charge is -2.31. The van der Waals surface area contributed by atoms with Crippen molar-refractivity contribution in [3.8, 4) is 5.75 Å². The van der Waals surface area contributed by atoms with Crippen LogP contribution in [0, 0.1) is 0 Å². The number of aliphatic imine (C=N–C) groups is 1. The molecule has 0 bridgehead atoms. The van der Waals surface area contributed by atoms with Gasteiger partial charge in [0.25, 0.3) is 5.91 Å². The summed E-state index contributed by atoms with van der Waals surface area (Å²) in [6.07, 6.45) is 0. The number of amides is 1. The minimum atomic E-state index is -3.59. The van der Waals surface area contributed by atoms with Crippen molar-refractivity contribution >= 4 is 21.7 Å². The van der Waals surface area contributed by atoms with Gasteiger partial charge in [0.2, 0.25) is 0 Å². The van der Waals surface area contributed by atoms with Crippen molar-refractivity contribution in [2.24, 2.45) is 16.5 Å². The Morgan fingerprint density at radius 2 is 2.00 bits per heavy atom. The molecule has 7 nitrogen and oxygen atoms in total. The van der Waals surface area contributed by atoms with Gasteiger partial charge in [-0.1, -0.05) is 0 Å². The average molecular weight is 297 g/mol. The van der Waals surface area contributed by atoms with Crippen LogP contribution in [0.5, 0.6) is 5.75 Å². The number of carbonyl (C=O) groups is 1. The highest BCUT2D eigenvalue weighted by Gasteiger charge is 2.42. The van der Waals surface area contributed by atoms with Gasteiger partial charge in [-0.15, -0.1) is 0 Å². The van der Waals surface area contributed by atoms with Crippen LogP contribution in [0.4, 0.5) is 0 Å². The zero-order chi connectivity index (χ0) is 15.1. The number of nitrogens with two attached hydrogens (primary N) is 2. The van der Waals surface area contributed by atoms with Crippen LogP contribution in [0.2, 0.25) is 0 Å². The molecule has 2 rings (SSSR count). The number of carbonyl (C=O) groups excluding carboxylic acids is 1. The van der Waals surface area contributed by atoms with Crippen molar-refractivity contribution in [3.05, 3.63) is 23.8 Å². The van der Waals surface area contributed by atoms with Crippen LogP contribution < -0.4 is 16.2 Å². The van der Waals surface area contributed by atoms with Crippen LogP contribution in [0.3, 0.4) is 0 Å². The number of guanidine groups is 1. The summed E-state index contributed by atoms with van der Waals surface area (Å²) in [6, 6.07) is 4.08. The largest absolute Gasteiger partial charge is 0.491 e. The molecule has 0 saturated carbocycles. The molecule has 1 aliphatic heterocycles. The first-order chi connectivity index (χ1) is 9.15. The van der Waals surface area contributed by atoms with Gasteiger partial charge in [0.15, 0.2) is 15.8 Å². The molecule has 20 heavy (non-hydrogen) atoms. The fourth-order valence-electron chi connectivity index (χ4n) is 1.78. The third-order valence-electron chi connectivity index (χ3n) is 3.01. The molecule has 0 spiro atoms. The van der Waals surface area contributed by atoms with Crippen LogP contribution in [0.1, 0.15) is 24.2 Å². The summed E-state index contributed by atoms with van der Waals surface area (Å²) in [6.45, 7) is 3.19. The van der Waals surface area contributed by atoms with E-state index in [0.717, 1.165) is 0 Å². The van der Waals surface area contributed by atoms with E-state index in [1.54, 1.807) is 13.8 Å². The summed E-state index contributed by atoms with van der Waals surface area (Å²) < 4.78 is 29.2. The highest BCUT2D eigenvalue weighted by molar-refractivity contribution is 7.93. The maximum atomic E-state index is 12.4. The molecule has 1 aromatic carbocycles. The number of fused-ring (bicyclic) bond motifs is 1. The van der Waals surface area contributed by atoms with Crippen LogP contribution in [0.25, 0.3) is 0 Å². The lowest BCUT2D eigenvalue weighted by atomic mass is 10.2. The summed E-state index contributed by atoms with van der Waals surface area (Å²) in [7, 11) is -3.59. The Morgan fingerprint density at radius 1 is 1.35 bits per heavy atom. The molecule has 0 radical (unpaired) electrons. The van der Waals surface area contributed by atoms with Gasteiger partial charge in [0, 0.05) is 5.56 Å². The Kier molecular flexibility index (Phi) is 3.21. The number of rotatable bonds is 1. The van der Waals surface area contributed by atoms with E-state index in [9.17, 15) is 13.2 Å². The maximum absolute atomic E-state index is 12.4. The van der Waals surface area contributed by atoms with Gasteiger partial charge in [0.1, 0.15) is 22.0 Å². The van der Waals surface area contributed by atoms with E-state index in [1.807, 2.05) is 0 Å². The second kappa shape index (κ2) is 4.48. The summed E-state index contributed by atoms with van der Waals surface area (Å²) >= 11 is 0. The van der Waals surface area contributed by atoms with Gasteiger partial charge >= 0.3 is 0 Å². The fraction of sp³-hybridized carbons (Fsp3) is 0.333. The van der Waals surface area contributed by atoms with Crippen LogP contribution >= 0.6 is 0 Å². The SMILES string of the molecule is CC1(C)COc2ccc(C(=O)N=C(N)N)cc2S1(=O)=O. The summed E-state index contributed by atoms with van der Waals surface area (Å²) in [4.78, 5) is 15.1. The zero-order valence-corrected chi connectivity index (χ0v) is 11.9. The first kappa shape index (κ1) is 14.3. The number of hydrogen-bond donors (Lipinski definition) is 2. The molecular formula is C12H15N3O4S. The maximum Gasteiger partial charge on any atom is 0.280 e. The van der Waals surface area contributed by atoms with E-state index < -0.39 is 20.5 Å². The molecule has 0 fully saturated rings. The molecule has 1 heterocycles. The topological polar surface area (TPSA) is 125 Å². The zero-order valence-electron chi connectivity index (χ0n) is 11.1. The lowest BCUT2D eigenvalue weighted by molar-refractivity contribution is 0.100. The average Bonchev–Trinajstić information content (AvgIpc) is 2.33. The normalized spacial score (nSPS) is 18.5. The van der Waals surface area contributed by atoms with Crippen LogP contribution in [-0.4, -0.2) is 31.6 Å². The van der Waals surface area contributed by atoms with Gasteiger partial charge in [-0.25, -0.2) is 8.42 Å². The molecule has 1 aliphatic rings. The highest BCUT2D eigenvalue weighted by Crippen LogP contribution is 2.37. The Balaban J connectivity index is 2.57. The predicted molar refractivity (Wildman–Crippen MR) is 73.3 cm³/mol. The minimum absolute atomic E-state index is 0.0228. The summed E-state index contributed by atoms with van der Waals surface area (Å²) in [5.41, 5.74) is 10.3. The Labute approximate surface area is 116 Å². The molecule has 0 aliphatic carbocycles. The van der Waals surface area contributed by atoms with Crippen molar-refractivity contribution in [3.63, 3.8) is 0 Å². The predicted octanol–water partition coefficient (Wildman–Crippen LogP) is 0.0449. The number of benzene rings is 1. The summed E-state index contributed by atoms with van der Waals surface area (Å²) in [5, 5.41) is 0. The third kappa shape index (κ3) is 2.22. The Hall–Kier alpha value is -2.09. The molecule has 0 unspecified atom stereocenters. The quantitative estimate of drug-likeness (QED) is 0.557. The number of sulfone groups is 1. The monoisotopic (exact) mass is 297 g/mol. The second-order valence-electron chi connectivity index (χ2n) is 5.06. The molecule has 4 N–H and O–H groups in total. The van der Waals surface area contributed by atoms with E-state index in [2.05, 4.69) is 4.99 Å². The van der Waals surface area contributed by atoms with Gasteiger partial charge < -0.3 is 16.2 Å². The van der Waals surface area contributed by atoms with Crippen molar-refractivity contribution < 1.29 is 17.9 Å². The second-order valence-corrected chi connectivity index (χ2v) is 7.61. The third-order valence-corrected chi connectivity index (χ3v) is 5.48. The summed E-state index contributed by atoms with van der Waals surface area (Å²) in [5.74, 6) is -0.857. The number of ether oxygens (including phenoxy) is 1. The van der Waals surface area contributed by atoms with Crippen molar-refractivity contribution in [1.82, 2.24) is 0 Å². The van der Waals surface area contributed by atoms with Crippen molar-refractivity contribution in [2.75, 3.05) is 6.61 Å². The molecule has 0 aromatic heterocycles. The Morgan fingerprint density at radius 3 is 2.60 bits per heavy atom. The first-order valence-corrected chi connectivity index (χ1v) is 7.29. The molecule has 0 saturated heterocycles. The van der Waals surface area contributed by atoms with Crippen molar-refractivity contribution in [2.45, 2.75) is 23.5 Å². The molecule has 108 valence electrons. The molecule has 1 amide bonds. The van der Waals surface area contributed by atoms with Crippen LogP contribution in [-0.2, 0) is 9.84 Å². The molecule has 1 aromatic rings. The van der Waals surface area contributed by atoms with Crippen LogP contribution in [0.15, 0.2) is 28.1 Å². The standard InChI is InChI=1S/C12H15N3O4S/c1-12(2)6-19-8-4-3-7(10(16)15-11(13)14)5-9(8)20(12,17)18/h3-5H,6H2,1-2H3,(H4,13,14,15,16). The van der Waals surface area contributed by atoms with Gasteiger partial charge in [-0.2, -0.15) is 4.99 Å². The highest BCUT2D eigenvalue weighted by atomic mass is 32.2. The fourth-order valence-corrected chi connectivity index (χ4v) is 3.26. The minimum Gasteiger partial charge on any atom is -0.491 e. The molecular weight excluding hydrogens is 282 g/mol. The van der Waals surface area contributed by atoms with Gasteiger partial charge in [-0.3, -0.25) is 4.79 Å². The molecule has 0 atom stereocenters. The van der Waals surface area contributed by atoms with E-state index in [1.165, 1.54) is 18.2 Å². The van der Waals surface area contributed by atoms with E-state index >= 15 is 0 Å². The lowest BCUT2D eigenvalue weighted by Crippen LogP contribution is -2.41. The molecule has 8 heteroatoms. The van der Waals surface area contributed by atoms with Crippen molar-refractivity contribution in [1.29, 1.82) is 0 Å². The van der Waals surface area contributed by atoms with E-state index in [4.69, 9.17) is 16.2 Å². The van der Waals surface area contributed by atoms with E-state index in [-0.39, 0.29) is 28.8 Å². The Bertz CT molecular complexity index is 703. The van der Waals surface area contributed by atoms with E-state index in [0.29, 0.717) is 0 Å². The first-order valence-electron chi connectivity index (χ1n) is 5.80.